The van der Waals surface area contributed by atoms with Crippen molar-refractivity contribution in [2.75, 3.05) is 13.1 Å². The van der Waals surface area contributed by atoms with E-state index in [9.17, 15) is 4.79 Å². The number of carbonyl (C=O) groups is 1. The maximum absolute atomic E-state index is 11.6. The van der Waals surface area contributed by atoms with E-state index >= 15 is 0 Å². The topological polar surface area (TPSA) is 54.0 Å². The van der Waals surface area contributed by atoms with Crippen LogP contribution in [0.25, 0.3) is 0 Å². The standard InChI is InChI=1S/C11H17N3OS.2ClH/c1-8-14-9(7-16-8)4-6-13-11(15)10-3-2-5-12-10;;/h7,10,12H,2-6H2,1H3,(H,13,15);2*1H/t10-;;/m0../s1. The van der Waals surface area contributed by atoms with Crippen molar-refractivity contribution in [3.63, 3.8) is 0 Å². The first kappa shape index (κ1) is 17.6. The Morgan fingerprint density at radius 2 is 2.39 bits per heavy atom. The van der Waals surface area contributed by atoms with Gasteiger partial charge in [-0.25, -0.2) is 4.98 Å². The van der Waals surface area contributed by atoms with Crippen LogP contribution in [0, 0.1) is 6.92 Å². The van der Waals surface area contributed by atoms with Crippen LogP contribution in [0.4, 0.5) is 0 Å². The lowest BCUT2D eigenvalue weighted by atomic mass is 10.2. The molecular weight excluding hydrogens is 293 g/mol. The number of aryl methyl sites for hydroxylation is 1. The molecule has 0 saturated carbocycles. The average Bonchev–Trinajstić information content (AvgIpc) is 2.89. The first-order chi connectivity index (χ1) is 7.75. The molecule has 0 aliphatic carbocycles. The second-order valence-corrected chi connectivity index (χ2v) is 5.11. The molecule has 1 aliphatic rings. The van der Waals surface area contributed by atoms with Crippen LogP contribution >= 0.6 is 36.2 Å². The highest BCUT2D eigenvalue weighted by molar-refractivity contribution is 7.09. The molecule has 2 N–H and O–H groups in total. The highest BCUT2D eigenvalue weighted by Gasteiger charge is 2.21. The highest BCUT2D eigenvalue weighted by Crippen LogP contribution is 2.08. The Morgan fingerprint density at radius 3 is 2.94 bits per heavy atom. The van der Waals surface area contributed by atoms with Gasteiger partial charge in [-0.2, -0.15) is 0 Å². The zero-order valence-electron chi connectivity index (χ0n) is 10.3. The van der Waals surface area contributed by atoms with Crippen LogP contribution in [-0.2, 0) is 11.2 Å². The minimum absolute atomic E-state index is 0. The van der Waals surface area contributed by atoms with Gasteiger partial charge in [0, 0.05) is 18.3 Å². The molecule has 0 aromatic carbocycles. The normalized spacial score (nSPS) is 17.7. The molecule has 1 amide bonds. The third-order valence-electron chi connectivity index (χ3n) is 2.72. The number of carbonyl (C=O) groups excluding carboxylic acids is 1. The van der Waals surface area contributed by atoms with Gasteiger partial charge in [0.05, 0.1) is 16.7 Å². The Labute approximate surface area is 124 Å². The fourth-order valence-corrected chi connectivity index (χ4v) is 2.52. The molecule has 1 saturated heterocycles. The number of rotatable bonds is 4. The molecule has 1 fully saturated rings. The molecule has 2 heterocycles. The third kappa shape index (κ3) is 5.10. The second-order valence-electron chi connectivity index (χ2n) is 4.05. The van der Waals surface area contributed by atoms with E-state index in [0.717, 1.165) is 36.5 Å². The maximum atomic E-state index is 11.6. The van der Waals surface area contributed by atoms with Crippen LogP contribution in [0.5, 0.6) is 0 Å². The van der Waals surface area contributed by atoms with Crippen molar-refractivity contribution < 1.29 is 4.79 Å². The first-order valence-corrected chi connectivity index (χ1v) is 6.56. The number of aromatic nitrogens is 1. The summed E-state index contributed by atoms with van der Waals surface area (Å²) in [7, 11) is 0. The molecule has 18 heavy (non-hydrogen) atoms. The van der Waals surface area contributed by atoms with Gasteiger partial charge in [0.1, 0.15) is 0 Å². The summed E-state index contributed by atoms with van der Waals surface area (Å²) in [5.41, 5.74) is 1.07. The molecule has 2 rings (SSSR count). The van der Waals surface area contributed by atoms with Crippen molar-refractivity contribution >= 4 is 42.1 Å². The number of nitrogens with zero attached hydrogens (tertiary/aromatic N) is 1. The Kier molecular flexibility index (Phi) is 8.52. The zero-order chi connectivity index (χ0) is 11.4. The predicted molar refractivity (Wildman–Crippen MR) is 79.1 cm³/mol. The Hall–Kier alpha value is -0.360. The minimum Gasteiger partial charge on any atom is -0.354 e. The number of hydrogen-bond acceptors (Lipinski definition) is 4. The molecule has 1 aromatic heterocycles. The fourth-order valence-electron chi connectivity index (χ4n) is 1.87. The summed E-state index contributed by atoms with van der Waals surface area (Å²) in [5, 5.41) is 9.26. The molecule has 1 aromatic rings. The van der Waals surface area contributed by atoms with Crippen molar-refractivity contribution in [2.45, 2.75) is 32.2 Å². The van der Waals surface area contributed by atoms with Gasteiger partial charge in [-0.1, -0.05) is 0 Å². The quantitative estimate of drug-likeness (QED) is 0.890. The smallest absolute Gasteiger partial charge is 0.237 e. The summed E-state index contributed by atoms with van der Waals surface area (Å²) in [5.74, 6) is 0.129. The number of thiazole rings is 1. The summed E-state index contributed by atoms with van der Waals surface area (Å²) < 4.78 is 0. The summed E-state index contributed by atoms with van der Waals surface area (Å²) in [4.78, 5) is 16.0. The van der Waals surface area contributed by atoms with Crippen molar-refractivity contribution in [3.05, 3.63) is 16.1 Å². The average molecular weight is 312 g/mol. The molecule has 4 nitrogen and oxygen atoms in total. The van der Waals surface area contributed by atoms with Crippen LogP contribution in [-0.4, -0.2) is 30.0 Å². The van der Waals surface area contributed by atoms with E-state index in [4.69, 9.17) is 0 Å². The highest BCUT2D eigenvalue weighted by atomic mass is 35.5. The first-order valence-electron chi connectivity index (χ1n) is 5.68. The summed E-state index contributed by atoms with van der Waals surface area (Å²) >= 11 is 1.65. The molecule has 0 bridgehead atoms. The van der Waals surface area contributed by atoms with E-state index < -0.39 is 0 Å². The molecule has 0 unspecified atom stereocenters. The number of halogens is 2. The lowest BCUT2D eigenvalue weighted by Crippen LogP contribution is -2.41. The Morgan fingerprint density at radius 1 is 1.61 bits per heavy atom. The van der Waals surface area contributed by atoms with E-state index in [1.165, 1.54) is 0 Å². The molecule has 1 aliphatic heterocycles. The van der Waals surface area contributed by atoms with Gasteiger partial charge in [0.2, 0.25) is 5.91 Å². The third-order valence-corrected chi connectivity index (χ3v) is 3.55. The molecule has 1 atom stereocenters. The Bertz CT molecular complexity index is 367. The van der Waals surface area contributed by atoms with Crippen molar-refractivity contribution in [3.8, 4) is 0 Å². The number of hydrogen-bond donors (Lipinski definition) is 2. The zero-order valence-corrected chi connectivity index (χ0v) is 12.7. The number of amides is 1. The van der Waals surface area contributed by atoms with E-state index in [1.54, 1.807) is 11.3 Å². The van der Waals surface area contributed by atoms with Gasteiger partial charge in [0.25, 0.3) is 0 Å². The van der Waals surface area contributed by atoms with Crippen molar-refractivity contribution in [1.82, 2.24) is 15.6 Å². The maximum Gasteiger partial charge on any atom is 0.237 e. The van der Waals surface area contributed by atoms with Gasteiger partial charge in [0.15, 0.2) is 0 Å². The van der Waals surface area contributed by atoms with Crippen LogP contribution < -0.4 is 10.6 Å². The SMILES string of the molecule is Cc1nc(CCNC(=O)[C@@H]2CCCN2)cs1.Cl.Cl. The van der Waals surface area contributed by atoms with Crippen LogP contribution in [0.1, 0.15) is 23.5 Å². The predicted octanol–water partition coefficient (Wildman–Crippen LogP) is 1.71. The van der Waals surface area contributed by atoms with Gasteiger partial charge in [-0.15, -0.1) is 36.2 Å². The van der Waals surface area contributed by atoms with E-state index in [2.05, 4.69) is 21.0 Å². The van der Waals surface area contributed by atoms with Crippen LogP contribution in [0.15, 0.2) is 5.38 Å². The van der Waals surface area contributed by atoms with Crippen molar-refractivity contribution in [2.24, 2.45) is 0 Å². The molecular formula is C11H19Cl2N3OS. The monoisotopic (exact) mass is 311 g/mol. The van der Waals surface area contributed by atoms with Crippen LogP contribution in [0.2, 0.25) is 0 Å². The van der Waals surface area contributed by atoms with Crippen LogP contribution in [0.3, 0.4) is 0 Å². The number of nitrogens with one attached hydrogen (secondary N) is 2. The fraction of sp³-hybridized carbons (Fsp3) is 0.636. The van der Waals surface area contributed by atoms with Gasteiger partial charge < -0.3 is 10.6 Å². The lowest BCUT2D eigenvalue weighted by Gasteiger charge is -2.10. The van der Waals surface area contributed by atoms with E-state index in [1.807, 2.05) is 6.92 Å². The molecule has 0 radical (unpaired) electrons. The van der Waals surface area contributed by atoms with Gasteiger partial charge in [-0.3, -0.25) is 4.79 Å². The minimum atomic E-state index is 0. The summed E-state index contributed by atoms with van der Waals surface area (Å²) in [6, 6.07) is 0.0252. The largest absolute Gasteiger partial charge is 0.354 e. The Balaban J connectivity index is 0.00000144. The lowest BCUT2D eigenvalue weighted by molar-refractivity contribution is -0.122. The summed E-state index contributed by atoms with van der Waals surface area (Å²) in [6.45, 7) is 3.64. The molecule has 0 spiro atoms. The van der Waals surface area contributed by atoms with Crippen molar-refractivity contribution in [1.29, 1.82) is 0 Å². The van der Waals surface area contributed by atoms with E-state index in [-0.39, 0.29) is 36.8 Å². The molecule has 104 valence electrons. The van der Waals surface area contributed by atoms with Gasteiger partial charge >= 0.3 is 0 Å². The van der Waals surface area contributed by atoms with Gasteiger partial charge in [-0.05, 0) is 26.3 Å². The second kappa shape index (κ2) is 8.69. The van der Waals surface area contributed by atoms with E-state index in [0.29, 0.717) is 6.54 Å². The molecule has 7 heteroatoms. The summed E-state index contributed by atoms with van der Waals surface area (Å²) in [6.07, 6.45) is 2.88.